The Morgan fingerprint density at radius 3 is 3.00 bits per heavy atom. The van der Waals surface area contributed by atoms with Gasteiger partial charge in [-0.3, -0.25) is 15.1 Å². The van der Waals surface area contributed by atoms with E-state index < -0.39 is 0 Å². The van der Waals surface area contributed by atoms with Gasteiger partial charge in [-0.1, -0.05) is 5.92 Å². The molecule has 0 aliphatic heterocycles. The Morgan fingerprint density at radius 2 is 2.40 bits per heavy atom. The fourth-order valence-electron chi connectivity index (χ4n) is 1.05. The summed E-state index contributed by atoms with van der Waals surface area (Å²) in [5, 5.41) is 2.84. The predicted octanol–water partition coefficient (Wildman–Crippen LogP) is 1.18. The van der Waals surface area contributed by atoms with Gasteiger partial charge >= 0.3 is 0 Å². The maximum absolute atomic E-state index is 11.4. The number of nitrogens with zero attached hydrogens (tertiary/aromatic N) is 1. The number of carbonyl (C=O) groups is 1. The molecule has 0 radical (unpaired) electrons. The fraction of sp³-hybridized carbons (Fsp3) is 0.273. The van der Waals surface area contributed by atoms with Crippen molar-refractivity contribution in [1.82, 2.24) is 10.3 Å². The third-order valence-corrected chi connectivity index (χ3v) is 2.19. The Balaban J connectivity index is 2.38. The van der Waals surface area contributed by atoms with Crippen LogP contribution in [0.2, 0.25) is 0 Å². The summed E-state index contributed by atoms with van der Waals surface area (Å²) in [6, 6.07) is 3.69. The number of terminal acetylenes is 1. The number of pyridine rings is 1. The molecule has 0 aliphatic rings. The van der Waals surface area contributed by atoms with Crippen molar-refractivity contribution in [1.29, 1.82) is 0 Å². The zero-order valence-corrected chi connectivity index (χ0v) is 9.75. The quantitative estimate of drug-likeness (QED) is 0.643. The van der Waals surface area contributed by atoms with Crippen LogP contribution < -0.4 is 5.32 Å². The van der Waals surface area contributed by atoms with Gasteiger partial charge in [0.05, 0.1) is 19.5 Å². The minimum absolute atomic E-state index is 0.0834. The lowest BCUT2D eigenvalue weighted by Gasteiger charge is -2.00. The van der Waals surface area contributed by atoms with E-state index in [1.54, 1.807) is 6.20 Å². The molecule has 0 amide bonds. The van der Waals surface area contributed by atoms with Crippen molar-refractivity contribution in [3.63, 3.8) is 0 Å². The Bertz CT molecular complexity index is 367. The highest BCUT2D eigenvalue weighted by atomic mass is 79.9. The van der Waals surface area contributed by atoms with E-state index in [0.29, 0.717) is 19.5 Å². The molecule has 0 saturated carbocycles. The molecule has 1 N–H and O–H groups in total. The van der Waals surface area contributed by atoms with E-state index in [9.17, 15) is 4.79 Å². The van der Waals surface area contributed by atoms with Crippen LogP contribution in [0.4, 0.5) is 0 Å². The van der Waals surface area contributed by atoms with Crippen LogP contribution in [0.1, 0.15) is 5.69 Å². The van der Waals surface area contributed by atoms with E-state index in [4.69, 9.17) is 6.42 Å². The van der Waals surface area contributed by atoms with Crippen molar-refractivity contribution in [3.8, 4) is 12.3 Å². The van der Waals surface area contributed by atoms with Crippen molar-refractivity contribution in [2.75, 3.05) is 13.1 Å². The van der Waals surface area contributed by atoms with Crippen LogP contribution in [-0.2, 0) is 11.2 Å². The summed E-state index contributed by atoms with van der Waals surface area (Å²) in [7, 11) is 0. The van der Waals surface area contributed by atoms with Gasteiger partial charge in [0.15, 0.2) is 5.78 Å². The van der Waals surface area contributed by atoms with Crippen LogP contribution >= 0.6 is 15.9 Å². The first-order chi connectivity index (χ1) is 7.22. The Kier molecular flexibility index (Phi) is 5.02. The second kappa shape index (κ2) is 6.33. The monoisotopic (exact) mass is 266 g/mol. The minimum atomic E-state index is 0.0834. The van der Waals surface area contributed by atoms with Crippen LogP contribution in [-0.4, -0.2) is 23.9 Å². The molecular weight excluding hydrogens is 256 g/mol. The molecule has 78 valence electrons. The van der Waals surface area contributed by atoms with Gasteiger partial charge in [-0.2, -0.15) is 0 Å². The van der Waals surface area contributed by atoms with Crippen molar-refractivity contribution < 1.29 is 4.79 Å². The molecule has 1 aromatic heterocycles. The molecular formula is C11H11BrN2O. The standard InChI is InChI=1S/C11H11BrN2O/c1-2-5-13-8-11(15)6-10-4-3-9(12)7-14-10/h1,3-4,7,13H,5-6,8H2. The molecule has 1 heterocycles. The third kappa shape index (κ3) is 4.73. The van der Waals surface area contributed by atoms with Gasteiger partial charge in [-0.25, -0.2) is 0 Å². The Hall–Kier alpha value is -1.18. The number of nitrogens with one attached hydrogen (secondary N) is 1. The highest BCUT2D eigenvalue weighted by Gasteiger charge is 2.03. The summed E-state index contributed by atoms with van der Waals surface area (Å²) in [6.07, 6.45) is 7.06. The highest BCUT2D eigenvalue weighted by Crippen LogP contribution is 2.07. The molecule has 0 unspecified atom stereocenters. The van der Waals surface area contributed by atoms with Gasteiger partial charge in [-0.15, -0.1) is 6.42 Å². The van der Waals surface area contributed by atoms with Crippen molar-refractivity contribution >= 4 is 21.7 Å². The zero-order chi connectivity index (χ0) is 11.1. The first-order valence-electron chi connectivity index (χ1n) is 4.48. The molecule has 0 aromatic carbocycles. The largest absolute Gasteiger partial charge is 0.299 e. The second-order valence-electron chi connectivity index (χ2n) is 2.99. The lowest BCUT2D eigenvalue weighted by molar-refractivity contribution is -0.117. The van der Waals surface area contributed by atoms with E-state index in [1.807, 2.05) is 12.1 Å². The summed E-state index contributed by atoms with van der Waals surface area (Å²) < 4.78 is 0.907. The zero-order valence-electron chi connectivity index (χ0n) is 8.16. The summed E-state index contributed by atoms with van der Waals surface area (Å²) in [5.41, 5.74) is 0.769. The smallest absolute Gasteiger partial charge is 0.152 e. The van der Waals surface area contributed by atoms with Crippen LogP contribution in [0, 0.1) is 12.3 Å². The van der Waals surface area contributed by atoms with Crippen LogP contribution in [0.5, 0.6) is 0 Å². The molecule has 15 heavy (non-hydrogen) atoms. The summed E-state index contributed by atoms with van der Waals surface area (Å²) in [6.45, 7) is 0.710. The lowest BCUT2D eigenvalue weighted by atomic mass is 10.2. The van der Waals surface area contributed by atoms with Gasteiger partial charge in [0.25, 0.3) is 0 Å². The average Bonchev–Trinajstić information content (AvgIpc) is 2.22. The lowest BCUT2D eigenvalue weighted by Crippen LogP contribution is -2.24. The van der Waals surface area contributed by atoms with Gasteiger partial charge in [0.1, 0.15) is 0 Å². The van der Waals surface area contributed by atoms with Crippen molar-refractivity contribution in [2.45, 2.75) is 6.42 Å². The molecule has 0 bridgehead atoms. The molecule has 0 atom stereocenters. The highest BCUT2D eigenvalue weighted by molar-refractivity contribution is 9.10. The number of halogens is 1. The molecule has 3 nitrogen and oxygen atoms in total. The van der Waals surface area contributed by atoms with Gasteiger partial charge < -0.3 is 0 Å². The minimum Gasteiger partial charge on any atom is -0.299 e. The number of carbonyl (C=O) groups excluding carboxylic acids is 1. The number of hydrogen-bond acceptors (Lipinski definition) is 3. The van der Waals surface area contributed by atoms with Gasteiger partial charge in [-0.05, 0) is 28.1 Å². The SMILES string of the molecule is C#CCNCC(=O)Cc1ccc(Br)cn1. The molecule has 0 aliphatic carbocycles. The van der Waals surface area contributed by atoms with Gasteiger partial charge in [0, 0.05) is 16.4 Å². The van der Waals surface area contributed by atoms with Gasteiger partial charge in [0.2, 0.25) is 0 Å². The molecule has 4 heteroatoms. The van der Waals surface area contributed by atoms with Crippen LogP contribution in [0.3, 0.4) is 0 Å². The van der Waals surface area contributed by atoms with Crippen LogP contribution in [0.15, 0.2) is 22.8 Å². The number of Topliss-reactive ketones (excluding diaryl/α,β-unsaturated/α-hetero) is 1. The molecule has 0 spiro atoms. The average molecular weight is 267 g/mol. The topological polar surface area (TPSA) is 42.0 Å². The third-order valence-electron chi connectivity index (χ3n) is 1.72. The summed E-state index contributed by atoms with van der Waals surface area (Å²) in [4.78, 5) is 15.5. The van der Waals surface area contributed by atoms with E-state index in [1.165, 1.54) is 0 Å². The van der Waals surface area contributed by atoms with Crippen molar-refractivity contribution in [2.24, 2.45) is 0 Å². The van der Waals surface area contributed by atoms with Crippen LogP contribution in [0.25, 0.3) is 0 Å². The molecule has 0 fully saturated rings. The first-order valence-corrected chi connectivity index (χ1v) is 5.28. The number of hydrogen-bond donors (Lipinski definition) is 1. The second-order valence-corrected chi connectivity index (χ2v) is 3.91. The van der Waals surface area contributed by atoms with E-state index in [-0.39, 0.29) is 5.78 Å². The predicted molar refractivity (Wildman–Crippen MR) is 62.4 cm³/mol. The number of rotatable bonds is 5. The summed E-state index contributed by atoms with van der Waals surface area (Å²) >= 11 is 3.28. The van der Waals surface area contributed by atoms with E-state index in [2.05, 4.69) is 32.2 Å². The Morgan fingerprint density at radius 1 is 1.60 bits per heavy atom. The summed E-state index contributed by atoms with van der Waals surface area (Å²) in [5.74, 6) is 2.49. The van der Waals surface area contributed by atoms with Crippen molar-refractivity contribution in [3.05, 3.63) is 28.5 Å². The maximum Gasteiger partial charge on any atom is 0.152 e. The molecule has 1 aromatic rings. The normalized spacial score (nSPS) is 9.60. The first kappa shape index (κ1) is 11.9. The van der Waals surface area contributed by atoms with E-state index in [0.717, 1.165) is 10.2 Å². The fourth-order valence-corrected chi connectivity index (χ4v) is 1.28. The van der Waals surface area contributed by atoms with E-state index >= 15 is 0 Å². The Labute approximate surface area is 97.4 Å². The molecule has 1 rings (SSSR count). The number of aromatic nitrogens is 1. The molecule has 0 saturated heterocycles. The number of ketones is 1. The maximum atomic E-state index is 11.4.